The first-order valence-corrected chi connectivity index (χ1v) is 11.5. The van der Waals surface area contributed by atoms with Gasteiger partial charge in [-0.05, 0) is 78.8 Å². The van der Waals surface area contributed by atoms with Gasteiger partial charge in [-0.2, -0.15) is 0 Å². The fourth-order valence-corrected chi connectivity index (χ4v) is 6.18. The molecule has 7 rings (SSSR count). The zero-order valence-electron chi connectivity index (χ0n) is 15.8. The van der Waals surface area contributed by atoms with Crippen LogP contribution in [0.15, 0.2) is 60.7 Å². The number of rotatable bonds is 4. The van der Waals surface area contributed by atoms with E-state index in [1.807, 2.05) is 0 Å². The van der Waals surface area contributed by atoms with Crippen LogP contribution in [0.1, 0.15) is 22.3 Å². The Labute approximate surface area is 171 Å². The number of benzene rings is 3. The molecule has 27 heavy (non-hydrogen) atoms. The third-order valence-corrected chi connectivity index (χ3v) is 8.03. The molecule has 0 saturated heterocycles. The van der Waals surface area contributed by atoms with E-state index >= 15 is 0 Å². The highest BCUT2D eigenvalue weighted by molar-refractivity contribution is 5.39. The highest BCUT2D eigenvalue weighted by Crippen LogP contribution is 2.24. The molecule has 0 spiro atoms. The van der Waals surface area contributed by atoms with Gasteiger partial charge in [0.15, 0.2) is 7.14 Å². The van der Waals surface area contributed by atoms with Gasteiger partial charge in [0.05, 0.1) is 14.2 Å². The Morgan fingerprint density at radius 2 is 1.30 bits per heavy atom. The molecule has 3 aromatic carbocycles. The third-order valence-electron chi connectivity index (χ3n) is 5.10. The highest BCUT2D eigenvalue weighted by atomic mass is 127. The molecule has 3 aromatic rings. The third kappa shape index (κ3) is 4.29. The van der Waals surface area contributed by atoms with Crippen LogP contribution in [-0.2, 0) is 25.7 Å². The van der Waals surface area contributed by atoms with E-state index in [9.17, 15) is 0 Å². The number of methoxy groups -OCH3 is 2. The van der Waals surface area contributed by atoms with Gasteiger partial charge in [0.1, 0.15) is 11.5 Å². The molecule has 2 nitrogen and oxygen atoms in total. The Balaban J connectivity index is 1.70. The quantitative estimate of drug-likeness (QED) is 0.540. The molecule has 0 amide bonds. The molecule has 4 aliphatic carbocycles. The summed E-state index contributed by atoms with van der Waals surface area (Å²) in [6.45, 7) is 0. The maximum atomic E-state index is 5.74. The minimum Gasteiger partial charge on any atom is -0.497 e. The summed E-state index contributed by atoms with van der Waals surface area (Å²) in [5, 5.41) is 0. The number of hydrogen-bond acceptors (Lipinski definition) is 2. The monoisotopic (exact) mass is 471 g/mol. The van der Waals surface area contributed by atoms with Crippen molar-refractivity contribution in [1.82, 2.24) is 0 Å². The summed E-state index contributed by atoms with van der Waals surface area (Å²) in [5.74, 6) is 1.96. The van der Waals surface area contributed by atoms with Crippen LogP contribution >= 0.6 is 0 Å². The van der Waals surface area contributed by atoms with Gasteiger partial charge in [0, 0.05) is 5.56 Å². The Bertz CT molecular complexity index is 914. The van der Waals surface area contributed by atoms with Crippen molar-refractivity contribution in [3.63, 3.8) is 0 Å². The average molecular weight is 471 g/mol. The second kappa shape index (κ2) is 8.34. The van der Waals surface area contributed by atoms with Gasteiger partial charge in [-0.15, -0.1) is 0 Å². The Kier molecular flexibility index (Phi) is 5.67. The zero-order chi connectivity index (χ0) is 18.6. The average Bonchev–Trinajstić information content (AvgIpc) is 2.71. The van der Waals surface area contributed by atoms with E-state index in [1.165, 1.54) is 29.4 Å². The SMILES string of the molecule is COc1ccc([I+]c2cc3c(OC)cc2CCc2ccc(cc2)CC3)cc1. The molecular formula is C24H24IO2+. The maximum Gasteiger partial charge on any atom is 0.358 e. The molecule has 0 fully saturated rings. The first-order valence-electron chi connectivity index (χ1n) is 9.31. The number of halogens is 1. The van der Waals surface area contributed by atoms with Crippen LogP contribution in [0.25, 0.3) is 0 Å². The summed E-state index contributed by atoms with van der Waals surface area (Å²) in [6.07, 6.45) is 4.20. The number of ether oxygens (including phenoxy) is 2. The van der Waals surface area contributed by atoms with Gasteiger partial charge >= 0.3 is 21.2 Å². The van der Waals surface area contributed by atoms with Crippen molar-refractivity contribution >= 4 is 0 Å². The largest absolute Gasteiger partial charge is 0.497 e. The molecule has 0 atom stereocenters. The van der Waals surface area contributed by atoms with E-state index in [0.29, 0.717) is 0 Å². The minimum absolute atomic E-state index is 0.233. The van der Waals surface area contributed by atoms with E-state index in [0.717, 1.165) is 37.2 Å². The molecular weight excluding hydrogens is 447 g/mol. The number of aryl methyl sites for hydroxylation is 4. The van der Waals surface area contributed by atoms with Crippen molar-refractivity contribution in [2.24, 2.45) is 0 Å². The predicted octanol–water partition coefficient (Wildman–Crippen LogP) is 1.72. The summed E-state index contributed by atoms with van der Waals surface area (Å²) in [5.41, 5.74) is 5.57. The van der Waals surface area contributed by atoms with E-state index in [1.54, 1.807) is 14.2 Å². The number of hydrogen-bond donors (Lipinski definition) is 0. The molecule has 138 valence electrons. The lowest BCUT2D eigenvalue weighted by atomic mass is 9.96. The second-order valence-electron chi connectivity index (χ2n) is 6.82. The molecule has 0 N–H and O–H groups in total. The Hall–Kier alpha value is -2.01. The van der Waals surface area contributed by atoms with E-state index in [2.05, 4.69) is 60.7 Å². The van der Waals surface area contributed by atoms with Crippen molar-refractivity contribution in [2.75, 3.05) is 14.2 Å². The lowest BCUT2D eigenvalue weighted by molar-refractivity contribution is -0.598. The smallest absolute Gasteiger partial charge is 0.358 e. The van der Waals surface area contributed by atoms with Gasteiger partial charge in [-0.25, -0.2) is 0 Å². The lowest BCUT2D eigenvalue weighted by Gasteiger charge is -2.13. The minimum atomic E-state index is -0.233. The molecule has 0 aromatic heterocycles. The predicted molar refractivity (Wildman–Crippen MR) is 105 cm³/mol. The lowest BCUT2D eigenvalue weighted by Crippen LogP contribution is -3.61. The summed E-state index contributed by atoms with van der Waals surface area (Å²) in [6, 6.07) is 22.4. The summed E-state index contributed by atoms with van der Waals surface area (Å²) >= 11 is -0.233. The normalized spacial score (nSPS) is 13.1. The van der Waals surface area contributed by atoms with Crippen molar-refractivity contribution in [2.45, 2.75) is 25.7 Å². The standard InChI is InChI=1S/C24H24IO2/c1-26-22-13-11-21(12-14-22)25-23-15-20-10-8-18-5-3-17(4-6-18)7-9-19(23)16-24(20)27-2/h3-6,11-16H,7-10H2,1-2H3/q+1. The van der Waals surface area contributed by atoms with E-state index in [4.69, 9.17) is 9.47 Å². The molecule has 0 radical (unpaired) electrons. The van der Waals surface area contributed by atoms with Crippen LogP contribution in [0.3, 0.4) is 0 Å². The molecule has 0 unspecified atom stereocenters. The topological polar surface area (TPSA) is 18.5 Å². The van der Waals surface area contributed by atoms with Crippen LogP contribution in [0, 0.1) is 7.14 Å². The van der Waals surface area contributed by atoms with Crippen LogP contribution in [-0.4, -0.2) is 14.2 Å². The Morgan fingerprint density at radius 3 is 1.89 bits per heavy atom. The first-order chi connectivity index (χ1) is 13.2. The highest BCUT2D eigenvalue weighted by Gasteiger charge is 2.23. The van der Waals surface area contributed by atoms with E-state index < -0.39 is 0 Å². The van der Waals surface area contributed by atoms with Gasteiger partial charge in [-0.3, -0.25) is 0 Å². The fraction of sp³-hybridized carbons (Fsp3) is 0.250. The summed E-state index contributed by atoms with van der Waals surface area (Å²) in [7, 11) is 3.51. The van der Waals surface area contributed by atoms with Crippen molar-refractivity contribution < 1.29 is 30.7 Å². The van der Waals surface area contributed by atoms with Crippen molar-refractivity contribution in [1.29, 1.82) is 0 Å². The molecule has 4 bridgehead atoms. The maximum absolute atomic E-state index is 5.74. The molecule has 4 aliphatic rings. The van der Waals surface area contributed by atoms with Crippen LogP contribution in [0.2, 0.25) is 0 Å². The summed E-state index contributed by atoms with van der Waals surface area (Å²) in [4.78, 5) is 0. The molecule has 0 aliphatic heterocycles. The van der Waals surface area contributed by atoms with Crippen LogP contribution in [0.5, 0.6) is 11.5 Å². The van der Waals surface area contributed by atoms with Crippen molar-refractivity contribution in [3.8, 4) is 11.5 Å². The van der Waals surface area contributed by atoms with Crippen LogP contribution < -0.4 is 30.7 Å². The second-order valence-corrected chi connectivity index (χ2v) is 9.77. The Morgan fingerprint density at radius 1 is 0.667 bits per heavy atom. The molecule has 0 saturated carbocycles. The van der Waals surface area contributed by atoms with Gasteiger partial charge in [0.25, 0.3) is 0 Å². The van der Waals surface area contributed by atoms with Gasteiger partial charge in [-0.1, -0.05) is 24.3 Å². The molecule has 0 heterocycles. The van der Waals surface area contributed by atoms with Crippen molar-refractivity contribution in [3.05, 3.63) is 90.1 Å². The van der Waals surface area contributed by atoms with E-state index in [-0.39, 0.29) is 21.2 Å². The summed E-state index contributed by atoms with van der Waals surface area (Å²) < 4.78 is 14.0. The van der Waals surface area contributed by atoms with Gasteiger partial charge in [0.2, 0.25) is 0 Å². The zero-order valence-corrected chi connectivity index (χ0v) is 18.0. The van der Waals surface area contributed by atoms with Gasteiger partial charge < -0.3 is 9.47 Å². The molecule has 3 heteroatoms. The van der Waals surface area contributed by atoms with Crippen LogP contribution in [0.4, 0.5) is 0 Å². The fourth-order valence-electron chi connectivity index (χ4n) is 3.48. The first kappa shape index (κ1) is 18.4.